The van der Waals surface area contributed by atoms with Crippen LogP contribution in [0.1, 0.15) is 58.3 Å². The van der Waals surface area contributed by atoms with Gasteiger partial charge in [-0.15, -0.1) is 0 Å². The van der Waals surface area contributed by atoms with E-state index in [0.29, 0.717) is 0 Å². The first-order valence-electron chi connectivity index (χ1n) is 14.0. The molecule has 0 radical (unpaired) electrons. The van der Waals surface area contributed by atoms with Crippen LogP contribution in [0.25, 0.3) is 0 Å². The summed E-state index contributed by atoms with van der Waals surface area (Å²) in [4.78, 5) is 53.1. The molecule has 0 bridgehead atoms. The zero-order chi connectivity index (χ0) is 30.1. The van der Waals surface area contributed by atoms with Crippen LogP contribution in [0, 0.1) is 29.1 Å². The first-order chi connectivity index (χ1) is 19.1. The van der Waals surface area contributed by atoms with Crippen LogP contribution in [0.4, 0.5) is 0 Å². The van der Waals surface area contributed by atoms with Gasteiger partial charge in [-0.3, -0.25) is 14.4 Å². The highest BCUT2D eigenvalue weighted by molar-refractivity contribution is 5.97. The molecule has 0 unspecified atom stereocenters. The molecule has 222 valence electrons. The fourth-order valence-corrected chi connectivity index (χ4v) is 8.29. The van der Waals surface area contributed by atoms with E-state index < -0.39 is 94.5 Å². The first-order valence-corrected chi connectivity index (χ1v) is 14.0. The maximum atomic E-state index is 14.6. The number of ether oxygens (including phenoxy) is 4. The van der Waals surface area contributed by atoms with Crippen molar-refractivity contribution in [3.05, 3.63) is 48.0 Å². The summed E-state index contributed by atoms with van der Waals surface area (Å²) >= 11 is 0. The van der Waals surface area contributed by atoms with Crippen molar-refractivity contribution in [1.29, 1.82) is 0 Å². The van der Waals surface area contributed by atoms with Crippen molar-refractivity contribution in [2.75, 3.05) is 6.61 Å². The fourth-order valence-electron chi connectivity index (χ4n) is 8.29. The number of aliphatic hydroxyl groups excluding tert-OH is 1. The van der Waals surface area contributed by atoms with E-state index in [-0.39, 0.29) is 12.0 Å². The van der Waals surface area contributed by atoms with Crippen molar-refractivity contribution in [3.63, 3.8) is 0 Å². The summed E-state index contributed by atoms with van der Waals surface area (Å²) in [5.41, 5.74) is -6.23. The average molecular weight is 571 g/mol. The van der Waals surface area contributed by atoms with Crippen LogP contribution in [0.5, 0.6) is 0 Å². The Labute approximate surface area is 239 Å². The minimum absolute atomic E-state index is 0.108. The predicted octanol–water partition coefficient (Wildman–Crippen LogP) is 2.39. The smallest absolute Gasteiger partial charge is 0.338 e. The van der Waals surface area contributed by atoms with E-state index in [2.05, 4.69) is 0 Å². The summed E-state index contributed by atoms with van der Waals surface area (Å²) in [6.07, 6.45) is -0.545. The van der Waals surface area contributed by atoms with Gasteiger partial charge in [0.05, 0.1) is 28.6 Å². The molecule has 3 aliphatic carbocycles. The van der Waals surface area contributed by atoms with E-state index in [1.54, 1.807) is 50.3 Å². The second-order valence-corrected chi connectivity index (χ2v) is 12.8. The maximum absolute atomic E-state index is 14.6. The number of carbonyl (C=O) groups is 4. The van der Waals surface area contributed by atoms with Crippen LogP contribution >= 0.6 is 0 Å². The summed E-state index contributed by atoms with van der Waals surface area (Å²) in [5, 5.41) is 23.9. The second-order valence-electron chi connectivity index (χ2n) is 12.8. The highest BCUT2D eigenvalue weighted by Gasteiger charge is 2.80. The molecule has 3 fully saturated rings. The number of hydrogen-bond donors (Lipinski definition) is 2. The predicted molar refractivity (Wildman–Crippen MR) is 143 cm³/mol. The van der Waals surface area contributed by atoms with Gasteiger partial charge in [0.2, 0.25) is 0 Å². The third-order valence-corrected chi connectivity index (χ3v) is 9.73. The number of aliphatic hydroxyl groups is 2. The van der Waals surface area contributed by atoms with E-state index in [9.17, 15) is 29.4 Å². The Morgan fingerprint density at radius 2 is 1.68 bits per heavy atom. The molecule has 2 saturated carbocycles. The van der Waals surface area contributed by atoms with Gasteiger partial charge in [-0.25, -0.2) is 4.79 Å². The molecule has 0 aromatic heterocycles. The van der Waals surface area contributed by atoms with E-state index in [0.717, 1.165) is 0 Å². The van der Waals surface area contributed by atoms with Crippen molar-refractivity contribution in [2.45, 2.75) is 83.1 Å². The van der Waals surface area contributed by atoms with Gasteiger partial charge in [-0.2, -0.15) is 0 Å². The van der Waals surface area contributed by atoms with Crippen LogP contribution in [0.15, 0.2) is 42.5 Å². The average Bonchev–Trinajstić information content (AvgIpc) is 3.25. The van der Waals surface area contributed by atoms with Gasteiger partial charge >= 0.3 is 17.9 Å². The quantitative estimate of drug-likeness (QED) is 0.307. The number of hydrogen-bond acceptors (Lipinski definition) is 10. The number of ketones is 1. The normalized spacial score (nSPS) is 42.0. The van der Waals surface area contributed by atoms with Gasteiger partial charge < -0.3 is 29.2 Å². The van der Waals surface area contributed by atoms with Crippen molar-refractivity contribution >= 4 is 23.7 Å². The minimum Gasteiger partial charge on any atom is -0.465 e. The van der Waals surface area contributed by atoms with Crippen molar-refractivity contribution in [1.82, 2.24) is 0 Å². The molecule has 1 heterocycles. The standard InChI is InChI=1S/C31H38O10/c1-16-14-31(37)22(23(16)34)25(40-26(35)19-10-8-7-9-11-19)30(15-38-17(2)32)21(39-18(3)33)13-12-20-24(30)29(6,27(31)36)41-28(20,4)5/h7-13,16,20-25,34,37H,14-15H2,1-6H3/t16-,20-,21+,22+,23-,24-,25+,29-,30+,31+/m1/s1. The lowest BCUT2D eigenvalue weighted by molar-refractivity contribution is -0.201. The summed E-state index contributed by atoms with van der Waals surface area (Å²) in [7, 11) is 0. The molecule has 10 atom stereocenters. The van der Waals surface area contributed by atoms with Gasteiger partial charge in [0.25, 0.3) is 0 Å². The number of carbonyl (C=O) groups excluding carboxylic acids is 4. The fraction of sp³-hybridized carbons (Fsp3) is 0.613. The number of benzene rings is 1. The maximum Gasteiger partial charge on any atom is 0.338 e. The molecule has 5 rings (SSSR count). The lowest BCUT2D eigenvalue weighted by atomic mass is 9.54. The summed E-state index contributed by atoms with van der Waals surface area (Å²) in [6.45, 7) is 8.92. The van der Waals surface area contributed by atoms with Crippen molar-refractivity contribution < 1.29 is 48.3 Å². The zero-order valence-electron chi connectivity index (χ0n) is 24.2. The van der Waals surface area contributed by atoms with E-state index in [1.165, 1.54) is 13.8 Å². The lowest BCUT2D eigenvalue weighted by Crippen LogP contribution is -2.64. The van der Waals surface area contributed by atoms with Gasteiger partial charge in [0.15, 0.2) is 5.78 Å². The Morgan fingerprint density at radius 3 is 2.29 bits per heavy atom. The minimum atomic E-state index is -2.17. The molecule has 1 aliphatic heterocycles. The molecule has 1 aromatic rings. The Hall–Kier alpha value is -3.08. The largest absolute Gasteiger partial charge is 0.465 e. The molecule has 0 spiro atoms. The third kappa shape index (κ3) is 4.25. The Kier molecular flexibility index (Phi) is 6.99. The van der Waals surface area contributed by atoms with E-state index in [4.69, 9.17) is 18.9 Å². The highest BCUT2D eigenvalue weighted by atomic mass is 16.6. The van der Waals surface area contributed by atoms with Crippen molar-refractivity contribution in [3.8, 4) is 0 Å². The first kappa shape index (κ1) is 29.4. The van der Waals surface area contributed by atoms with Crippen LogP contribution in [-0.2, 0) is 33.3 Å². The van der Waals surface area contributed by atoms with Crippen LogP contribution in [0.3, 0.4) is 0 Å². The van der Waals surface area contributed by atoms with Gasteiger partial charge in [0.1, 0.15) is 30.0 Å². The van der Waals surface area contributed by atoms with Gasteiger partial charge in [0, 0.05) is 25.7 Å². The SMILES string of the molecule is CC(=O)OC[C@]12[C@@H](OC(C)=O)C=C[C@@H]3[C@@H]1[C@@](C)(OC3(C)C)C(=O)[C@]1(O)C[C@@H](C)[C@@H](O)[C@H]1[C@@H]2OC(=O)c1ccccc1. The molecule has 1 saturated heterocycles. The second kappa shape index (κ2) is 9.74. The summed E-state index contributed by atoms with van der Waals surface area (Å²) in [6, 6.07) is 8.18. The molecule has 1 aromatic carbocycles. The highest BCUT2D eigenvalue weighted by Crippen LogP contribution is 2.66. The van der Waals surface area contributed by atoms with Crippen LogP contribution in [0.2, 0.25) is 0 Å². The van der Waals surface area contributed by atoms with Crippen molar-refractivity contribution in [2.24, 2.45) is 29.1 Å². The van der Waals surface area contributed by atoms with Crippen LogP contribution < -0.4 is 0 Å². The topological polar surface area (TPSA) is 146 Å². The molecular weight excluding hydrogens is 532 g/mol. The van der Waals surface area contributed by atoms with Gasteiger partial charge in [-0.05, 0) is 51.3 Å². The third-order valence-electron chi connectivity index (χ3n) is 9.73. The lowest BCUT2D eigenvalue weighted by Gasteiger charge is -2.53. The molecule has 10 nitrogen and oxygen atoms in total. The zero-order valence-corrected chi connectivity index (χ0v) is 24.2. The van der Waals surface area contributed by atoms with E-state index in [1.807, 2.05) is 19.9 Å². The molecule has 41 heavy (non-hydrogen) atoms. The monoisotopic (exact) mass is 570 g/mol. The Balaban J connectivity index is 1.84. The van der Waals surface area contributed by atoms with E-state index >= 15 is 0 Å². The number of esters is 3. The molecular formula is C31H38O10. The molecule has 0 amide bonds. The Bertz CT molecular complexity index is 1290. The number of rotatable bonds is 5. The molecule has 10 heteroatoms. The molecule has 2 N–H and O–H groups in total. The molecule has 4 aliphatic rings. The van der Waals surface area contributed by atoms with Crippen LogP contribution in [-0.4, -0.2) is 75.6 Å². The summed E-state index contributed by atoms with van der Waals surface area (Å²) < 4.78 is 24.3. The number of fused-ring (bicyclic) bond motifs is 1. The number of Topliss-reactive ketones (excluding diaryl/α,β-unsaturated/α-hetero) is 1. The summed E-state index contributed by atoms with van der Waals surface area (Å²) in [5.74, 6) is -6.02. The Morgan fingerprint density at radius 1 is 1.02 bits per heavy atom. The van der Waals surface area contributed by atoms with Gasteiger partial charge in [-0.1, -0.05) is 31.2 Å².